The molecule has 7 N–H and O–H groups in total. The summed E-state index contributed by atoms with van der Waals surface area (Å²) in [6, 6.07) is 6.17. The van der Waals surface area contributed by atoms with Crippen LogP contribution in [0.25, 0.3) is 0 Å². The second kappa shape index (κ2) is 9.34. The number of nitrogen functional groups attached to an aromatic ring is 1. The van der Waals surface area contributed by atoms with Gasteiger partial charge >= 0.3 is 0 Å². The average Bonchev–Trinajstić information content (AvgIpc) is 2.77. The summed E-state index contributed by atoms with van der Waals surface area (Å²) in [4.78, 5) is 9.88. The first-order chi connectivity index (χ1) is 16.1. The van der Waals surface area contributed by atoms with Gasteiger partial charge in [-0.15, -0.1) is 0 Å². The minimum absolute atomic E-state index is 0.00673. The van der Waals surface area contributed by atoms with E-state index in [0.29, 0.717) is 52.2 Å². The van der Waals surface area contributed by atoms with Crippen molar-refractivity contribution in [3.05, 3.63) is 75.4 Å². The number of hydrogen-bond donors (Lipinski definition) is 4. The van der Waals surface area contributed by atoms with Crippen LogP contribution in [0.4, 0.5) is 15.9 Å². The molecular formula is C23H24Cl2FN7O. The highest BCUT2D eigenvalue weighted by Crippen LogP contribution is 2.34. The minimum Gasteiger partial charge on any atom is -0.486 e. The zero-order valence-corrected chi connectivity index (χ0v) is 19.9. The molecule has 178 valence electrons. The van der Waals surface area contributed by atoms with Gasteiger partial charge in [-0.2, -0.15) is 0 Å². The number of halogens is 3. The van der Waals surface area contributed by atoms with Crippen LogP contribution in [-0.2, 0) is 0 Å². The van der Waals surface area contributed by atoms with Crippen LogP contribution < -0.4 is 26.8 Å². The van der Waals surface area contributed by atoms with Gasteiger partial charge in [-0.25, -0.2) is 9.37 Å². The second-order valence-corrected chi connectivity index (χ2v) is 9.17. The molecule has 1 fully saturated rings. The molecule has 0 amide bonds. The second-order valence-electron chi connectivity index (χ2n) is 8.35. The molecule has 1 saturated heterocycles. The van der Waals surface area contributed by atoms with Crippen LogP contribution in [0, 0.1) is 11.2 Å². The number of nitrogens with two attached hydrogens (primary N) is 3. The normalized spacial score (nSPS) is 15.5. The third-order valence-corrected chi connectivity index (χ3v) is 6.33. The Hall–Kier alpha value is -2.98. The third-order valence-electron chi connectivity index (χ3n) is 5.73. The van der Waals surface area contributed by atoms with Gasteiger partial charge < -0.3 is 26.8 Å². The first-order valence-corrected chi connectivity index (χ1v) is 11.2. The van der Waals surface area contributed by atoms with Gasteiger partial charge in [-0.3, -0.25) is 10.4 Å². The molecule has 1 atom stereocenters. The Morgan fingerprint density at radius 1 is 1.24 bits per heavy atom. The van der Waals surface area contributed by atoms with E-state index in [9.17, 15) is 4.39 Å². The van der Waals surface area contributed by atoms with Crippen molar-refractivity contribution in [2.24, 2.45) is 11.5 Å². The van der Waals surface area contributed by atoms with Crippen molar-refractivity contribution >= 4 is 40.4 Å². The summed E-state index contributed by atoms with van der Waals surface area (Å²) in [7, 11) is 0. The van der Waals surface area contributed by atoms with Crippen LogP contribution in [0.3, 0.4) is 0 Å². The number of nitrogens with zero attached hydrogens (tertiary/aromatic N) is 3. The predicted molar refractivity (Wildman–Crippen MR) is 132 cm³/mol. The highest BCUT2D eigenvalue weighted by molar-refractivity contribution is 6.35. The number of nitrogens with one attached hydrogen (secondary N) is 1. The van der Waals surface area contributed by atoms with Crippen LogP contribution in [-0.4, -0.2) is 40.9 Å². The molecule has 2 aromatic heterocycles. The largest absolute Gasteiger partial charge is 0.486 e. The number of anilines is 2. The number of rotatable bonds is 7. The standard InChI is InChI=1S/C23H24Cl2FN7O/c1-12(20-16(24)7-31-8-17(20)25)34-14-2-3-19(28)15(5-14)21(29)13-4-18(26)22(32-6-13)33-10-23(30,9-27)11-33/h2-8,12,29H,9-11,27-28,30H2,1H3/t12-/m1/s1. The summed E-state index contributed by atoms with van der Waals surface area (Å²) in [5, 5.41) is 9.37. The maximum atomic E-state index is 14.8. The first kappa shape index (κ1) is 24.2. The van der Waals surface area contributed by atoms with Crippen LogP contribution in [0.5, 0.6) is 5.75 Å². The highest BCUT2D eigenvalue weighted by atomic mass is 35.5. The molecule has 4 rings (SSSR count). The smallest absolute Gasteiger partial charge is 0.166 e. The van der Waals surface area contributed by atoms with Crippen molar-refractivity contribution in [2.45, 2.75) is 18.6 Å². The number of aromatic nitrogens is 2. The van der Waals surface area contributed by atoms with Gasteiger partial charge in [0.2, 0.25) is 0 Å². The number of benzene rings is 1. The van der Waals surface area contributed by atoms with Gasteiger partial charge in [0.15, 0.2) is 11.6 Å². The van der Waals surface area contributed by atoms with Crippen molar-refractivity contribution in [2.75, 3.05) is 30.3 Å². The van der Waals surface area contributed by atoms with Crippen molar-refractivity contribution in [3.8, 4) is 5.75 Å². The van der Waals surface area contributed by atoms with Crippen LogP contribution in [0.1, 0.15) is 29.7 Å². The number of hydrogen-bond acceptors (Lipinski definition) is 8. The van der Waals surface area contributed by atoms with E-state index in [1.54, 1.807) is 30.0 Å². The fourth-order valence-corrected chi connectivity index (χ4v) is 4.52. The van der Waals surface area contributed by atoms with Gasteiger partial charge in [0.1, 0.15) is 11.9 Å². The molecule has 11 heteroatoms. The van der Waals surface area contributed by atoms with Gasteiger partial charge in [0, 0.05) is 60.6 Å². The molecule has 0 spiro atoms. The third kappa shape index (κ3) is 4.65. The quantitative estimate of drug-likeness (QED) is 0.285. The zero-order chi connectivity index (χ0) is 24.6. The van der Waals surface area contributed by atoms with Gasteiger partial charge in [0.05, 0.1) is 21.3 Å². The molecule has 3 heterocycles. The van der Waals surface area contributed by atoms with E-state index in [2.05, 4.69) is 9.97 Å². The van der Waals surface area contributed by atoms with E-state index in [0.717, 1.165) is 0 Å². The molecule has 0 aliphatic carbocycles. The molecule has 1 aliphatic rings. The lowest BCUT2D eigenvalue weighted by molar-refractivity contribution is 0.227. The molecular weight excluding hydrogens is 480 g/mol. The predicted octanol–water partition coefficient (Wildman–Crippen LogP) is 3.54. The summed E-state index contributed by atoms with van der Waals surface area (Å²) in [5.41, 5.74) is 18.9. The number of ether oxygens (including phenoxy) is 1. The molecule has 3 aromatic rings. The van der Waals surface area contributed by atoms with Gasteiger partial charge in [-0.05, 0) is 31.2 Å². The first-order valence-electron chi connectivity index (χ1n) is 10.5. The maximum Gasteiger partial charge on any atom is 0.166 e. The molecule has 1 aromatic carbocycles. The topological polar surface area (TPSA) is 140 Å². The Morgan fingerprint density at radius 3 is 2.53 bits per heavy atom. The maximum absolute atomic E-state index is 14.8. The fourth-order valence-electron chi connectivity index (χ4n) is 3.85. The van der Waals surface area contributed by atoms with Crippen molar-refractivity contribution in [3.63, 3.8) is 0 Å². The average molecular weight is 504 g/mol. The molecule has 0 bridgehead atoms. The zero-order valence-electron chi connectivity index (χ0n) is 18.4. The summed E-state index contributed by atoms with van der Waals surface area (Å²) >= 11 is 12.5. The number of pyridine rings is 2. The highest BCUT2D eigenvalue weighted by Gasteiger charge is 2.40. The van der Waals surface area contributed by atoms with E-state index in [1.807, 2.05) is 0 Å². The summed E-state index contributed by atoms with van der Waals surface area (Å²) < 4.78 is 20.8. The lowest BCUT2D eigenvalue weighted by Crippen LogP contribution is -2.71. The minimum atomic E-state index is -0.553. The van der Waals surface area contributed by atoms with Crippen molar-refractivity contribution in [1.82, 2.24) is 9.97 Å². The Labute approximate surface area is 206 Å². The van der Waals surface area contributed by atoms with Crippen molar-refractivity contribution in [1.29, 1.82) is 5.41 Å². The fraction of sp³-hybridized carbons (Fsp3) is 0.261. The van der Waals surface area contributed by atoms with Gasteiger partial charge in [0.25, 0.3) is 0 Å². The Balaban J connectivity index is 1.55. The van der Waals surface area contributed by atoms with E-state index < -0.39 is 17.5 Å². The van der Waals surface area contributed by atoms with E-state index in [-0.39, 0.29) is 17.1 Å². The van der Waals surface area contributed by atoms with Crippen LogP contribution in [0.2, 0.25) is 10.0 Å². The lowest BCUT2D eigenvalue weighted by Gasteiger charge is -2.47. The molecule has 1 aliphatic heterocycles. The van der Waals surface area contributed by atoms with E-state index in [4.69, 9.17) is 50.5 Å². The summed E-state index contributed by atoms with van der Waals surface area (Å²) in [6.07, 6.45) is 3.92. The SMILES string of the molecule is C[C@@H](Oc1ccc(N)c(C(=N)c2cnc(N3CC(N)(CN)C3)c(F)c2)c1)c1c(Cl)cncc1Cl. The van der Waals surface area contributed by atoms with Crippen LogP contribution >= 0.6 is 23.2 Å². The molecule has 8 nitrogen and oxygen atoms in total. The van der Waals surface area contributed by atoms with E-state index in [1.165, 1.54) is 24.7 Å². The Kier molecular flexibility index (Phi) is 6.64. The van der Waals surface area contributed by atoms with Crippen molar-refractivity contribution < 1.29 is 9.13 Å². The monoisotopic (exact) mass is 503 g/mol. The van der Waals surface area contributed by atoms with Gasteiger partial charge in [-0.1, -0.05) is 23.2 Å². The van der Waals surface area contributed by atoms with E-state index >= 15 is 0 Å². The van der Waals surface area contributed by atoms with Crippen LogP contribution in [0.15, 0.2) is 42.9 Å². The Bertz CT molecular complexity index is 1230. The molecule has 0 radical (unpaired) electrons. The summed E-state index contributed by atoms with van der Waals surface area (Å²) in [5.74, 6) is 0.0658. The Morgan fingerprint density at radius 2 is 1.91 bits per heavy atom. The molecule has 34 heavy (non-hydrogen) atoms. The lowest BCUT2D eigenvalue weighted by atomic mass is 9.91. The summed E-state index contributed by atoms with van der Waals surface area (Å²) in [6.45, 7) is 2.94. The molecule has 0 unspecified atom stereocenters. The molecule has 0 saturated carbocycles.